The highest BCUT2D eigenvalue weighted by molar-refractivity contribution is 5.95. The second kappa shape index (κ2) is 3.96. The minimum Gasteiger partial charge on any atom is -0.480 e. The average Bonchev–Trinajstić information content (AvgIpc) is 2.84. The van der Waals surface area contributed by atoms with Crippen LogP contribution in [0.5, 0.6) is 0 Å². The van der Waals surface area contributed by atoms with E-state index in [0.29, 0.717) is 24.9 Å². The molecule has 0 spiro atoms. The standard InChI is InChI=1S/C10H12N2O4/c1-6-5-11-16-8(6)9(13)12-4-2-3-7(12)10(14)15/h5,7H,2-4H2,1H3,(H,14,15). The van der Waals surface area contributed by atoms with Crippen molar-refractivity contribution < 1.29 is 19.2 Å². The Bertz CT molecular complexity index is 426. The SMILES string of the molecule is Cc1cnoc1C(=O)N1CCCC1C(=O)O. The van der Waals surface area contributed by atoms with Crippen LogP contribution in [-0.2, 0) is 4.79 Å². The molecule has 16 heavy (non-hydrogen) atoms. The third-order valence-electron chi connectivity index (χ3n) is 2.74. The molecule has 1 aliphatic rings. The topological polar surface area (TPSA) is 83.6 Å². The van der Waals surface area contributed by atoms with E-state index in [2.05, 4.69) is 5.16 Å². The van der Waals surface area contributed by atoms with Crippen LogP contribution in [0, 0.1) is 6.92 Å². The van der Waals surface area contributed by atoms with E-state index in [0.717, 1.165) is 0 Å². The Labute approximate surface area is 91.8 Å². The number of hydrogen-bond acceptors (Lipinski definition) is 4. The Kier molecular flexibility index (Phi) is 2.64. The molecule has 0 bridgehead atoms. The number of hydrogen-bond donors (Lipinski definition) is 1. The van der Waals surface area contributed by atoms with Crippen LogP contribution >= 0.6 is 0 Å². The van der Waals surface area contributed by atoms with Crippen LogP contribution in [0.2, 0.25) is 0 Å². The van der Waals surface area contributed by atoms with Crippen molar-refractivity contribution in [1.29, 1.82) is 0 Å². The van der Waals surface area contributed by atoms with Gasteiger partial charge in [-0.15, -0.1) is 0 Å². The monoisotopic (exact) mass is 224 g/mol. The van der Waals surface area contributed by atoms with Gasteiger partial charge in [0.25, 0.3) is 5.91 Å². The van der Waals surface area contributed by atoms with Crippen molar-refractivity contribution in [3.63, 3.8) is 0 Å². The molecule has 0 aromatic carbocycles. The van der Waals surface area contributed by atoms with E-state index >= 15 is 0 Å². The molecule has 1 unspecified atom stereocenters. The molecule has 1 aromatic heterocycles. The van der Waals surface area contributed by atoms with Crippen molar-refractivity contribution in [1.82, 2.24) is 10.1 Å². The van der Waals surface area contributed by atoms with Crippen molar-refractivity contribution >= 4 is 11.9 Å². The Morgan fingerprint density at radius 2 is 2.38 bits per heavy atom. The lowest BCUT2D eigenvalue weighted by Crippen LogP contribution is -2.40. The first kappa shape index (κ1) is 10.7. The molecule has 0 saturated carbocycles. The number of aryl methyl sites for hydroxylation is 1. The molecule has 86 valence electrons. The van der Waals surface area contributed by atoms with E-state index in [1.807, 2.05) is 0 Å². The molecule has 0 radical (unpaired) electrons. The van der Waals surface area contributed by atoms with Gasteiger partial charge in [-0.2, -0.15) is 0 Å². The normalized spacial score (nSPS) is 20.1. The third kappa shape index (κ3) is 1.66. The number of amides is 1. The Hall–Kier alpha value is -1.85. The van der Waals surface area contributed by atoms with E-state index < -0.39 is 12.0 Å². The number of carbonyl (C=O) groups is 2. The van der Waals surface area contributed by atoms with Gasteiger partial charge < -0.3 is 14.5 Å². The molecule has 0 aliphatic carbocycles. The van der Waals surface area contributed by atoms with E-state index in [4.69, 9.17) is 9.63 Å². The van der Waals surface area contributed by atoms with Gasteiger partial charge in [0.15, 0.2) is 0 Å². The Morgan fingerprint density at radius 3 is 2.94 bits per heavy atom. The van der Waals surface area contributed by atoms with Crippen LogP contribution in [0.4, 0.5) is 0 Å². The minimum absolute atomic E-state index is 0.133. The maximum absolute atomic E-state index is 12.0. The molecule has 1 saturated heterocycles. The Balaban J connectivity index is 2.22. The maximum atomic E-state index is 12.0. The highest BCUT2D eigenvalue weighted by Crippen LogP contribution is 2.21. The van der Waals surface area contributed by atoms with Gasteiger partial charge in [0.1, 0.15) is 6.04 Å². The molecule has 2 heterocycles. The highest BCUT2D eigenvalue weighted by Gasteiger charge is 2.36. The van der Waals surface area contributed by atoms with Crippen molar-refractivity contribution in [2.24, 2.45) is 0 Å². The minimum atomic E-state index is -0.969. The lowest BCUT2D eigenvalue weighted by Gasteiger charge is -2.19. The smallest absolute Gasteiger partial charge is 0.326 e. The first-order valence-corrected chi connectivity index (χ1v) is 5.06. The highest BCUT2D eigenvalue weighted by atomic mass is 16.5. The van der Waals surface area contributed by atoms with E-state index in [1.165, 1.54) is 11.1 Å². The van der Waals surface area contributed by atoms with Crippen LogP contribution in [0.15, 0.2) is 10.7 Å². The zero-order valence-corrected chi connectivity index (χ0v) is 8.84. The number of aromatic nitrogens is 1. The zero-order chi connectivity index (χ0) is 11.7. The molecule has 6 nitrogen and oxygen atoms in total. The molecule has 1 aromatic rings. The number of nitrogens with zero attached hydrogens (tertiary/aromatic N) is 2. The number of rotatable bonds is 2. The molecule has 1 aliphatic heterocycles. The molecule has 1 atom stereocenters. The lowest BCUT2D eigenvalue weighted by molar-refractivity contribution is -0.141. The van der Waals surface area contributed by atoms with Gasteiger partial charge >= 0.3 is 5.97 Å². The predicted molar refractivity (Wildman–Crippen MR) is 52.9 cm³/mol. The van der Waals surface area contributed by atoms with Gasteiger partial charge in [-0.05, 0) is 19.8 Å². The fourth-order valence-electron chi connectivity index (χ4n) is 1.89. The third-order valence-corrected chi connectivity index (χ3v) is 2.74. The molecule has 1 N–H and O–H groups in total. The van der Waals surface area contributed by atoms with E-state index in [1.54, 1.807) is 6.92 Å². The second-order valence-electron chi connectivity index (χ2n) is 3.83. The van der Waals surface area contributed by atoms with Gasteiger partial charge in [0.05, 0.1) is 6.20 Å². The van der Waals surface area contributed by atoms with Gasteiger partial charge in [-0.25, -0.2) is 4.79 Å². The number of carboxylic acids is 1. The lowest BCUT2D eigenvalue weighted by atomic mass is 10.2. The summed E-state index contributed by atoms with van der Waals surface area (Å²) in [5.41, 5.74) is 0.626. The van der Waals surface area contributed by atoms with Crippen LogP contribution in [0.3, 0.4) is 0 Å². The number of carbonyl (C=O) groups excluding carboxylic acids is 1. The average molecular weight is 224 g/mol. The quantitative estimate of drug-likeness (QED) is 0.798. The molecule has 2 rings (SSSR count). The number of carboxylic acid groups (broad SMARTS) is 1. The fourth-order valence-corrected chi connectivity index (χ4v) is 1.89. The first-order valence-electron chi connectivity index (χ1n) is 5.06. The van der Waals surface area contributed by atoms with Crippen LogP contribution in [0.1, 0.15) is 29.0 Å². The van der Waals surface area contributed by atoms with Gasteiger partial charge in [0, 0.05) is 12.1 Å². The van der Waals surface area contributed by atoms with Crippen LogP contribution in [-0.4, -0.2) is 39.6 Å². The largest absolute Gasteiger partial charge is 0.480 e. The van der Waals surface area contributed by atoms with Crippen molar-refractivity contribution in [2.75, 3.05) is 6.54 Å². The van der Waals surface area contributed by atoms with Crippen LogP contribution < -0.4 is 0 Å². The number of aliphatic carboxylic acids is 1. The summed E-state index contributed by atoms with van der Waals surface area (Å²) in [5, 5.41) is 12.5. The summed E-state index contributed by atoms with van der Waals surface area (Å²) in [4.78, 5) is 24.2. The second-order valence-corrected chi connectivity index (χ2v) is 3.83. The summed E-state index contributed by atoms with van der Waals surface area (Å²) >= 11 is 0. The molecule has 1 amide bonds. The summed E-state index contributed by atoms with van der Waals surface area (Å²) < 4.78 is 4.83. The van der Waals surface area contributed by atoms with Crippen molar-refractivity contribution in [3.8, 4) is 0 Å². The maximum Gasteiger partial charge on any atom is 0.326 e. The fraction of sp³-hybridized carbons (Fsp3) is 0.500. The predicted octanol–water partition coefficient (Wildman–Crippen LogP) is 0.672. The van der Waals surface area contributed by atoms with E-state index in [-0.39, 0.29) is 11.7 Å². The summed E-state index contributed by atoms with van der Waals surface area (Å²) in [5.74, 6) is -1.23. The summed E-state index contributed by atoms with van der Waals surface area (Å²) in [6.07, 6.45) is 2.64. The van der Waals surface area contributed by atoms with Crippen molar-refractivity contribution in [3.05, 3.63) is 17.5 Å². The van der Waals surface area contributed by atoms with Crippen molar-refractivity contribution in [2.45, 2.75) is 25.8 Å². The Morgan fingerprint density at radius 1 is 1.62 bits per heavy atom. The van der Waals surface area contributed by atoms with Gasteiger partial charge in [-0.3, -0.25) is 4.79 Å². The van der Waals surface area contributed by atoms with Crippen LogP contribution in [0.25, 0.3) is 0 Å². The number of likely N-dealkylation sites (tertiary alicyclic amines) is 1. The zero-order valence-electron chi connectivity index (χ0n) is 8.84. The van der Waals surface area contributed by atoms with Gasteiger partial charge in [0.2, 0.25) is 5.76 Å². The molecular formula is C10H12N2O4. The molecule has 1 fully saturated rings. The van der Waals surface area contributed by atoms with Gasteiger partial charge in [-0.1, -0.05) is 5.16 Å². The molecular weight excluding hydrogens is 212 g/mol. The molecule has 6 heteroatoms. The first-order chi connectivity index (χ1) is 7.61. The summed E-state index contributed by atoms with van der Waals surface area (Å²) in [6, 6.07) is -0.739. The summed E-state index contributed by atoms with van der Waals surface area (Å²) in [6.45, 7) is 2.16. The van der Waals surface area contributed by atoms with E-state index in [9.17, 15) is 9.59 Å². The summed E-state index contributed by atoms with van der Waals surface area (Å²) in [7, 11) is 0.